The standard InChI is InChI=1S/C22H23N5O3S/c1-3-25-15-23-20-19(25)21(29)27(14-18(28)24(2)13-17-10-7-11-31-17)22(30)26(20)12-16-8-5-4-6-9-16/h4-11,15H,3,12-14H2,1-2H3. The van der Waals surface area contributed by atoms with Crippen molar-refractivity contribution in [3.63, 3.8) is 0 Å². The lowest BCUT2D eigenvalue weighted by atomic mass is 10.2. The van der Waals surface area contributed by atoms with Gasteiger partial charge in [-0.2, -0.15) is 0 Å². The molecule has 160 valence electrons. The molecule has 0 saturated carbocycles. The fourth-order valence-corrected chi connectivity index (χ4v) is 4.26. The molecule has 0 atom stereocenters. The number of hydrogen-bond acceptors (Lipinski definition) is 5. The Morgan fingerprint density at radius 1 is 1.10 bits per heavy atom. The van der Waals surface area contributed by atoms with Gasteiger partial charge in [0.05, 0.1) is 19.4 Å². The van der Waals surface area contributed by atoms with E-state index in [-0.39, 0.29) is 19.0 Å². The predicted octanol–water partition coefficient (Wildman–Crippen LogP) is 2.15. The van der Waals surface area contributed by atoms with Gasteiger partial charge in [0.1, 0.15) is 6.54 Å². The van der Waals surface area contributed by atoms with Crippen LogP contribution in [0.5, 0.6) is 0 Å². The number of aryl methyl sites for hydroxylation is 1. The van der Waals surface area contributed by atoms with Gasteiger partial charge in [0.15, 0.2) is 11.2 Å². The van der Waals surface area contributed by atoms with Gasteiger partial charge in [-0.15, -0.1) is 11.3 Å². The van der Waals surface area contributed by atoms with Gasteiger partial charge < -0.3 is 9.47 Å². The predicted molar refractivity (Wildman–Crippen MR) is 120 cm³/mol. The van der Waals surface area contributed by atoms with E-state index in [1.165, 1.54) is 9.47 Å². The van der Waals surface area contributed by atoms with E-state index < -0.39 is 11.2 Å². The van der Waals surface area contributed by atoms with Crippen LogP contribution in [-0.4, -0.2) is 36.5 Å². The van der Waals surface area contributed by atoms with Crippen molar-refractivity contribution in [1.29, 1.82) is 0 Å². The fourth-order valence-electron chi connectivity index (χ4n) is 3.51. The number of amides is 1. The average molecular weight is 438 g/mol. The number of aromatic nitrogens is 4. The number of nitrogens with zero attached hydrogens (tertiary/aromatic N) is 5. The highest BCUT2D eigenvalue weighted by Crippen LogP contribution is 2.12. The van der Waals surface area contributed by atoms with Gasteiger partial charge in [0.2, 0.25) is 5.91 Å². The quantitative estimate of drug-likeness (QED) is 0.444. The molecule has 4 rings (SSSR count). The van der Waals surface area contributed by atoms with Crippen molar-refractivity contribution in [2.24, 2.45) is 0 Å². The third-order valence-electron chi connectivity index (χ3n) is 5.20. The molecule has 1 aromatic carbocycles. The summed E-state index contributed by atoms with van der Waals surface area (Å²) in [6.07, 6.45) is 1.56. The average Bonchev–Trinajstić information content (AvgIpc) is 3.44. The molecule has 4 aromatic rings. The number of benzene rings is 1. The van der Waals surface area contributed by atoms with Gasteiger partial charge in [-0.25, -0.2) is 14.3 Å². The molecule has 0 aliphatic heterocycles. The number of fused-ring (bicyclic) bond motifs is 1. The summed E-state index contributed by atoms with van der Waals surface area (Å²) in [6.45, 7) is 2.80. The molecule has 0 bridgehead atoms. The number of carbonyl (C=O) groups excluding carboxylic acids is 1. The first kappa shape index (κ1) is 20.8. The van der Waals surface area contributed by atoms with Crippen LogP contribution in [-0.2, 0) is 31.0 Å². The highest BCUT2D eigenvalue weighted by Gasteiger charge is 2.21. The number of hydrogen-bond donors (Lipinski definition) is 0. The van der Waals surface area contributed by atoms with Gasteiger partial charge in [-0.3, -0.25) is 14.2 Å². The maximum Gasteiger partial charge on any atom is 0.333 e. The van der Waals surface area contributed by atoms with Crippen LogP contribution in [0.15, 0.2) is 63.8 Å². The van der Waals surface area contributed by atoms with E-state index in [1.54, 1.807) is 29.3 Å². The van der Waals surface area contributed by atoms with Crippen molar-refractivity contribution in [3.8, 4) is 0 Å². The largest absolute Gasteiger partial charge is 0.339 e. The van der Waals surface area contributed by atoms with Crippen LogP contribution >= 0.6 is 11.3 Å². The van der Waals surface area contributed by atoms with E-state index in [2.05, 4.69) is 4.98 Å². The zero-order chi connectivity index (χ0) is 22.0. The van der Waals surface area contributed by atoms with Crippen molar-refractivity contribution in [2.75, 3.05) is 7.05 Å². The van der Waals surface area contributed by atoms with Gasteiger partial charge >= 0.3 is 5.69 Å². The van der Waals surface area contributed by atoms with E-state index in [0.29, 0.717) is 24.3 Å². The Morgan fingerprint density at radius 2 is 1.87 bits per heavy atom. The maximum atomic E-state index is 13.3. The molecule has 0 radical (unpaired) electrons. The summed E-state index contributed by atoms with van der Waals surface area (Å²) in [4.78, 5) is 46.2. The van der Waals surface area contributed by atoms with Crippen LogP contribution < -0.4 is 11.2 Å². The summed E-state index contributed by atoms with van der Waals surface area (Å²) >= 11 is 1.55. The Labute approximate surface area is 182 Å². The lowest BCUT2D eigenvalue weighted by Gasteiger charge is -2.18. The molecule has 8 nitrogen and oxygen atoms in total. The molecule has 0 unspecified atom stereocenters. The van der Waals surface area contributed by atoms with E-state index >= 15 is 0 Å². The van der Waals surface area contributed by atoms with Crippen LogP contribution in [0, 0.1) is 0 Å². The number of thiophene rings is 1. The van der Waals surface area contributed by atoms with E-state index in [1.807, 2.05) is 54.8 Å². The Kier molecular flexibility index (Phi) is 5.85. The number of likely N-dealkylation sites (N-methyl/N-ethyl adjacent to an activating group) is 1. The minimum absolute atomic E-state index is 0.260. The minimum atomic E-state index is -0.541. The molecule has 3 aromatic heterocycles. The lowest BCUT2D eigenvalue weighted by molar-refractivity contribution is -0.131. The van der Waals surface area contributed by atoms with Crippen LogP contribution in [0.2, 0.25) is 0 Å². The van der Waals surface area contributed by atoms with Gasteiger partial charge in [0, 0.05) is 18.5 Å². The summed E-state index contributed by atoms with van der Waals surface area (Å²) in [5.41, 5.74) is 0.522. The van der Waals surface area contributed by atoms with Gasteiger partial charge in [-0.1, -0.05) is 36.4 Å². The van der Waals surface area contributed by atoms with Crippen LogP contribution in [0.1, 0.15) is 17.4 Å². The Balaban J connectivity index is 1.76. The molecule has 3 heterocycles. The number of rotatable bonds is 7. The fraction of sp³-hybridized carbons (Fsp3) is 0.273. The SMILES string of the molecule is CCn1cnc2c1c(=O)n(CC(=O)N(C)Cc1cccs1)c(=O)n2Cc1ccccc1. The molecular formula is C22H23N5O3S. The summed E-state index contributed by atoms with van der Waals surface area (Å²) in [5.74, 6) is -0.305. The summed E-state index contributed by atoms with van der Waals surface area (Å²) in [5, 5.41) is 1.94. The third-order valence-corrected chi connectivity index (χ3v) is 6.06. The first-order valence-electron chi connectivity index (χ1n) is 9.98. The molecular weight excluding hydrogens is 414 g/mol. The summed E-state index contributed by atoms with van der Waals surface area (Å²) in [7, 11) is 1.67. The van der Waals surface area contributed by atoms with E-state index in [9.17, 15) is 14.4 Å². The second kappa shape index (κ2) is 8.73. The topological polar surface area (TPSA) is 82.1 Å². The van der Waals surface area contributed by atoms with Gasteiger partial charge in [-0.05, 0) is 23.9 Å². The van der Waals surface area contributed by atoms with E-state index in [0.717, 1.165) is 15.0 Å². The highest BCUT2D eigenvalue weighted by atomic mass is 32.1. The molecule has 1 amide bonds. The molecule has 0 N–H and O–H groups in total. The smallest absolute Gasteiger partial charge is 0.333 e. The molecule has 0 spiro atoms. The molecule has 9 heteroatoms. The summed E-state index contributed by atoms with van der Waals surface area (Å²) in [6, 6.07) is 13.4. The van der Waals surface area contributed by atoms with Crippen molar-refractivity contribution in [1.82, 2.24) is 23.6 Å². The molecule has 0 aliphatic rings. The van der Waals surface area contributed by atoms with Crippen LogP contribution in [0.4, 0.5) is 0 Å². The zero-order valence-electron chi connectivity index (χ0n) is 17.4. The van der Waals surface area contributed by atoms with Crippen molar-refractivity contribution in [3.05, 3.63) is 85.5 Å². The van der Waals surface area contributed by atoms with Crippen molar-refractivity contribution >= 4 is 28.4 Å². The second-order valence-corrected chi connectivity index (χ2v) is 8.31. The second-order valence-electron chi connectivity index (χ2n) is 7.28. The van der Waals surface area contributed by atoms with Crippen LogP contribution in [0.3, 0.4) is 0 Å². The van der Waals surface area contributed by atoms with Crippen molar-refractivity contribution in [2.45, 2.75) is 33.1 Å². The third kappa shape index (κ3) is 4.09. The maximum absolute atomic E-state index is 13.3. The molecule has 0 aliphatic carbocycles. The first-order valence-corrected chi connectivity index (χ1v) is 10.9. The Hall–Kier alpha value is -3.46. The Bertz CT molecular complexity index is 1320. The number of imidazole rings is 1. The Morgan fingerprint density at radius 3 is 2.55 bits per heavy atom. The lowest BCUT2D eigenvalue weighted by Crippen LogP contribution is -2.44. The van der Waals surface area contributed by atoms with Crippen molar-refractivity contribution < 1.29 is 4.79 Å². The minimum Gasteiger partial charge on any atom is -0.339 e. The first-order chi connectivity index (χ1) is 15.0. The monoisotopic (exact) mass is 437 g/mol. The number of carbonyl (C=O) groups is 1. The normalized spacial score (nSPS) is 11.2. The molecule has 31 heavy (non-hydrogen) atoms. The van der Waals surface area contributed by atoms with Crippen LogP contribution in [0.25, 0.3) is 11.2 Å². The zero-order valence-corrected chi connectivity index (χ0v) is 18.2. The summed E-state index contributed by atoms with van der Waals surface area (Å²) < 4.78 is 4.19. The molecule has 0 saturated heterocycles. The van der Waals surface area contributed by atoms with E-state index in [4.69, 9.17) is 0 Å². The van der Waals surface area contributed by atoms with Gasteiger partial charge in [0.25, 0.3) is 5.56 Å². The molecule has 0 fully saturated rings. The highest BCUT2D eigenvalue weighted by molar-refractivity contribution is 7.09.